The van der Waals surface area contributed by atoms with E-state index in [0.717, 1.165) is 19.3 Å². The number of hydrogen-bond donors (Lipinski definition) is 0. The Bertz CT molecular complexity index is 514. The van der Waals surface area contributed by atoms with Gasteiger partial charge in [-0.05, 0) is 26.9 Å². The van der Waals surface area contributed by atoms with Crippen molar-refractivity contribution in [1.82, 2.24) is 4.90 Å². The number of hydrogen-bond acceptors (Lipinski definition) is 4. The van der Waals surface area contributed by atoms with Crippen LogP contribution in [0.2, 0.25) is 0 Å². The largest absolute Gasteiger partial charge is 0.301 e. The fraction of sp³-hybridized carbons (Fsp3) is 0.533. The Balaban J connectivity index is 2.43. The van der Waals surface area contributed by atoms with Crippen LogP contribution in [0.25, 0.3) is 0 Å². The highest BCUT2D eigenvalue weighted by atomic mass is 16.6. The molecule has 0 radical (unpaired) electrons. The van der Waals surface area contributed by atoms with Crippen LogP contribution in [-0.2, 0) is 4.79 Å². The maximum atomic E-state index is 12.2. The quantitative estimate of drug-likeness (QED) is 0.626. The van der Waals surface area contributed by atoms with Crippen LogP contribution in [0.4, 0.5) is 5.69 Å². The molecule has 0 N–H and O–H groups in total. The second-order valence-corrected chi connectivity index (χ2v) is 5.54. The van der Waals surface area contributed by atoms with Crippen molar-refractivity contribution in [1.29, 1.82) is 0 Å². The van der Waals surface area contributed by atoms with Crippen molar-refractivity contribution in [3.8, 4) is 0 Å². The minimum absolute atomic E-state index is 0.101. The zero-order valence-electron chi connectivity index (χ0n) is 11.9. The number of Topliss-reactive ketones (excluding diaryl/α,β-unsaturated/α-hetero) is 1. The molecule has 1 aromatic carbocycles. The van der Waals surface area contributed by atoms with Crippen molar-refractivity contribution < 1.29 is 9.72 Å². The normalized spacial score (nSPS) is 20.9. The molecule has 5 heteroatoms. The summed E-state index contributed by atoms with van der Waals surface area (Å²) in [4.78, 5) is 25.0. The van der Waals surface area contributed by atoms with Gasteiger partial charge in [0.1, 0.15) is 5.78 Å². The molecule has 5 nitrogen and oxygen atoms in total. The van der Waals surface area contributed by atoms with Gasteiger partial charge in [-0.1, -0.05) is 24.6 Å². The van der Waals surface area contributed by atoms with Gasteiger partial charge < -0.3 is 4.90 Å². The van der Waals surface area contributed by atoms with Crippen LogP contribution in [0.3, 0.4) is 0 Å². The molecule has 1 saturated carbocycles. The van der Waals surface area contributed by atoms with Gasteiger partial charge in [-0.25, -0.2) is 0 Å². The third kappa shape index (κ3) is 2.88. The fourth-order valence-corrected chi connectivity index (χ4v) is 3.10. The third-order valence-electron chi connectivity index (χ3n) is 3.99. The molecule has 0 aliphatic heterocycles. The summed E-state index contributed by atoms with van der Waals surface area (Å²) in [5, 5.41) is 11.2. The number of nitro groups is 1. The molecule has 2 atom stereocenters. The molecule has 0 unspecified atom stereocenters. The summed E-state index contributed by atoms with van der Waals surface area (Å²) >= 11 is 0. The average molecular weight is 276 g/mol. The van der Waals surface area contributed by atoms with Crippen LogP contribution in [0, 0.1) is 16.0 Å². The summed E-state index contributed by atoms with van der Waals surface area (Å²) in [6.07, 6.45) is 3.36. The van der Waals surface area contributed by atoms with Crippen LogP contribution in [0.5, 0.6) is 0 Å². The molecular formula is C15H20N2O3. The standard InChI is InChI=1S/C15H20N2O3/c1-16(2)15(12-8-4-6-10-14(12)18)11-7-3-5-9-13(11)17(19)20/h3,5,7,9,12,15H,4,6,8,10H2,1-2H3/t12-,15+/m1/s1. The Hall–Kier alpha value is -1.75. The molecule has 2 rings (SSSR count). The molecule has 20 heavy (non-hydrogen) atoms. The molecule has 1 aliphatic rings. The predicted molar refractivity (Wildman–Crippen MR) is 76.5 cm³/mol. The number of carbonyl (C=O) groups is 1. The Morgan fingerprint density at radius 2 is 2.00 bits per heavy atom. The molecular weight excluding hydrogens is 256 g/mol. The van der Waals surface area contributed by atoms with Crippen LogP contribution in [-0.4, -0.2) is 29.7 Å². The van der Waals surface area contributed by atoms with E-state index in [9.17, 15) is 14.9 Å². The van der Waals surface area contributed by atoms with E-state index in [-0.39, 0.29) is 28.4 Å². The number of para-hydroxylation sites is 1. The second kappa shape index (κ2) is 6.13. The van der Waals surface area contributed by atoms with Gasteiger partial charge >= 0.3 is 0 Å². The highest BCUT2D eigenvalue weighted by Crippen LogP contribution is 2.38. The number of nitro benzene ring substituents is 1. The Labute approximate surface area is 118 Å². The molecule has 0 spiro atoms. The monoisotopic (exact) mass is 276 g/mol. The van der Waals surface area contributed by atoms with Crippen LogP contribution in [0.15, 0.2) is 24.3 Å². The molecule has 108 valence electrons. The van der Waals surface area contributed by atoms with Crippen molar-refractivity contribution in [2.24, 2.45) is 5.92 Å². The van der Waals surface area contributed by atoms with Gasteiger partial charge in [0.2, 0.25) is 0 Å². The smallest absolute Gasteiger partial charge is 0.274 e. The molecule has 1 aliphatic carbocycles. The van der Waals surface area contributed by atoms with E-state index in [1.54, 1.807) is 18.2 Å². The zero-order chi connectivity index (χ0) is 14.7. The minimum Gasteiger partial charge on any atom is -0.301 e. The van der Waals surface area contributed by atoms with Crippen LogP contribution in [0.1, 0.15) is 37.3 Å². The van der Waals surface area contributed by atoms with Crippen molar-refractivity contribution >= 4 is 11.5 Å². The maximum Gasteiger partial charge on any atom is 0.274 e. The first kappa shape index (κ1) is 14.7. The molecule has 0 bridgehead atoms. The summed E-state index contributed by atoms with van der Waals surface area (Å²) < 4.78 is 0. The van der Waals surface area contributed by atoms with E-state index in [0.29, 0.717) is 12.0 Å². The van der Waals surface area contributed by atoms with Gasteiger partial charge in [-0.2, -0.15) is 0 Å². The SMILES string of the molecule is CN(C)[C@@H](c1ccccc1[N+](=O)[O-])[C@@H]1CCCCC1=O. The van der Waals surface area contributed by atoms with Gasteiger partial charge in [0.25, 0.3) is 5.69 Å². The number of ketones is 1. The number of nitrogens with zero attached hydrogens (tertiary/aromatic N) is 2. The maximum absolute atomic E-state index is 12.2. The molecule has 0 heterocycles. The van der Waals surface area contributed by atoms with Gasteiger partial charge in [-0.15, -0.1) is 0 Å². The molecule has 0 saturated heterocycles. The summed E-state index contributed by atoms with van der Waals surface area (Å²) in [6, 6.07) is 6.52. The fourth-order valence-electron chi connectivity index (χ4n) is 3.10. The summed E-state index contributed by atoms with van der Waals surface area (Å²) in [7, 11) is 3.76. The number of rotatable bonds is 4. The lowest BCUT2D eigenvalue weighted by molar-refractivity contribution is -0.386. The molecule has 1 aromatic rings. The number of benzene rings is 1. The Morgan fingerprint density at radius 3 is 2.60 bits per heavy atom. The first-order chi connectivity index (χ1) is 9.52. The van der Waals surface area contributed by atoms with Crippen molar-refractivity contribution in [2.75, 3.05) is 14.1 Å². The first-order valence-electron chi connectivity index (χ1n) is 6.95. The highest BCUT2D eigenvalue weighted by Gasteiger charge is 2.35. The summed E-state index contributed by atoms with van der Waals surface area (Å²) in [6.45, 7) is 0. The zero-order valence-corrected chi connectivity index (χ0v) is 11.9. The van der Waals surface area contributed by atoms with Crippen molar-refractivity contribution in [3.63, 3.8) is 0 Å². The summed E-state index contributed by atoms with van der Waals surface area (Å²) in [5.41, 5.74) is 0.743. The highest BCUT2D eigenvalue weighted by molar-refractivity contribution is 5.82. The lowest BCUT2D eigenvalue weighted by Gasteiger charge is -2.33. The van der Waals surface area contributed by atoms with E-state index in [2.05, 4.69) is 0 Å². The molecule has 0 amide bonds. The van der Waals surface area contributed by atoms with Gasteiger partial charge in [0.05, 0.1) is 11.0 Å². The van der Waals surface area contributed by atoms with E-state index in [1.165, 1.54) is 6.07 Å². The Kier molecular flexibility index (Phi) is 4.49. The second-order valence-electron chi connectivity index (χ2n) is 5.54. The third-order valence-corrected chi connectivity index (χ3v) is 3.99. The Morgan fingerprint density at radius 1 is 1.30 bits per heavy atom. The van der Waals surface area contributed by atoms with Crippen LogP contribution < -0.4 is 0 Å². The van der Waals surface area contributed by atoms with E-state index in [4.69, 9.17) is 0 Å². The van der Waals surface area contributed by atoms with Crippen LogP contribution >= 0.6 is 0 Å². The molecule has 0 aromatic heterocycles. The lowest BCUT2D eigenvalue weighted by atomic mass is 9.79. The van der Waals surface area contributed by atoms with E-state index < -0.39 is 0 Å². The summed E-state index contributed by atoms with van der Waals surface area (Å²) in [5.74, 6) is 0.0907. The van der Waals surface area contributed by atoms with E-state index >= 15 is 0 Å². The van der Waals surface area contributed by atoms with Crippen molar-refractivity contribution in [2.45, 2.75) is 31.7 Å². The van der Waals surface area contributed by atoms with E-state index in [1.807, 2.05) is 19.0 Å². The average Bonchev–Trinajstić information content (AvgIpc) is 2.41. The predicted octanol–water partition coefficient (Wildman–Crippen LogP) is 2.96. The first-order valence-corrected chi connectivity index (χ1v) is 6.95. The van der Waals surface area contributed by atoms with Gasteiger partial charge in [0.15, 0.2) is 0 Å². The topological polar surface area (TPSA) is 63.4 Å². The minimum atomic E-state index is -0.362. The van der Waals surface area contributed by atoms with Crippen molar-refractivity contribution in [3.05, 3.63) is 39.9 Å². The van der Waals surface area contributed by atoms with Gasteiger partial charge in [-0.3, -0.25) is 14.9 Å². The van der Waals surface area contributed by atoms with Gasteiger partial charge in [0, 0.05) is 24.0 Å². The lowest BCUT2D eigenvalue weighted by Crippen LogP contribution is -2.34. The number of carbonyl (C=O) groups excluding carboxylic acids is 1. The molecule has 1 fully saturated rings.